The summed E-state index contributed by atoms with van der Waals surface area (Å²) in [6.45, 7) is 5.11. The van der Waals surface area contributed by atoms with Gasteiger partial charge in [0.25, 0.3) is 0 Å². The van der Waals surface area contributed by atoms with Crippen molar-refractivity contribution >= 4 is 28.7 Å². The number of para-hydroxylation sites is 1. The highest BCUT2D eigenvalue weighted by molar-refractivity contribution is 7.13. The Morgan fingerprint density at radius 1 is 1.04 bits per heavy atom. The number of hydrogen-bond acceptors (Lipinski definition) is 4. The number of anilines is 1. The van der Waals surface area contributed by atoms with E-state index in [4.69, 9.17) is 4.98 Å². The molecule has 0 aliphatic heterocycles. The number of carbonyl (C=O) groups is 2. The van der Waals surface area contributed by atoms with Crippen LogP contribution in [-0.4, -0.2) is 16.7 Å². The maximum absolute atomic E-state index is 12.4. The first-order valence-corrected chi connectivity index (χ1v) is 9.70. The Balaban J connectivity index is 2.01. The Kier molecular flexibility index (Phi) is 5.81. The lowest BCUT2D eigenvalue weighted by Crippen LogP contribution is -2.34. The molecule has 0 fully saturated rings. The van der Waals surface area contributed by atoms with E-state index in [1.165, 1.54) is 23.8 Å². The first-order valence-electron chi connectivity index (χ1n) is 8.82. The molecule has 0 bridgehead atoms. The van der Waals surface area contributed by atoms with E-state index >= 15 is 0 Å². The van der Waals surface area contributed by atoms with E-state index < -0.39 is 6.04 Å². The van der Waals surface area contributed by atoms with Gasteiger partial charge in [-0.3, -0.25) is 9.59 Å². The van der Waals surface area contributed by atoms with Crippen molar-refractivity contribution in [3.05, 3.63) is 71.2 Å². The molecule has 4 nitrogen and oxygen atoms in total. The van der Waals surface area contributed by atoms with Crippen molar-refractivity contribution in [2.45, 2.75) is 33.2 Å². The third-order valence-electron chi connectivity index (χ3n) is 4.33. The summed E-state index contributed by atoms with van der Waals surface area (Å²) in [6.07, 6.45) is 0.228. The molecule has 1 aromatic heterocycles. The van der Waals surface area contributed by atoms with Gasteiger partial charge in [-0.05, 0) is 26.0 Å². The molecule has 27 heavy (non-hydrogen) atoms. The van der Waals surface area contributed by atoms with Crippen LogP contribution in [0.25, 0.3) is 10.6 Å². The van der Waals surface area contributed by atoms with Crippen LogP contribution in [0.4, 0.5) is 5.69 Å². The third kappa shape index (κ3) is 4.49. The summed E-state index contributed by atoms with van der Waals surface area (Å²) in [5.74, 6) is -0.0931. The highest BCUT2D eigenvalue weighted by Crippen LogP contribution is 2.33. The van der Waals surface area contributed by atoms with Crippen LogP contribution in [0, 0.1) is 6.92 Å². The van der Waals surface area contributed by atoms with Crippen LogP contribution in [0.2, 0.25) is 0 Å². The van der Waals surface area contributed by atoms with Gasteiger partial charge in [0.15, 0.2) is 0 Å². The molecule has 3 aromatic rings. The Hall–Kier alpha value is -2.79. The van der Waals surface area contributed by atoms with Crippen LogP contribution in [0.5, 0.6) is 0 Å². The predicted molar refractivity (Wildman–Crippen MR) is 110 cm³/mol. The summed E-state index contributed by atoms with van der Waals surface area (Å²) < 4.78 is 0. The van der Waals surface area contributed by atoms with Crippen molar-refractivity contribution in [3.63, 3.8) is 0 Å². The summed E-state index contributed by atoms with van der Waals surface area (Å²) in [7, 11) is 0. The smallest absolute Gasteiger partial charge is 0.224 e. The van der Waals surface area contributed by atoms with Gasteiger partial charge in [0.05, 0.1) is 11.7 Å². The van der Waals surface area contributed by atoms with Crippen molar-refractivity contribution in [2.24, 2.45) is 0 Å². The average Bonchev–Trinajstić information content (AvgIpc) is 3.12. The lowest BCUT2D eigenvalue weighted by Gasteiger charge is -2.29. The minimum atomic E-state index is -0.419. The first kappa shape index (κ1) is 19.0. The standard InChI is InChI=1S/C22H22N2O2S/c1-15-9-11-18(12-10-15)22-23-20(14-27-22)21(13-16(2)25)24(17(3)26)19-7-5-4-6-8-19/h4-12,14,21H,13H2,1-3H3. The maximum atomic E-state index is 12.4. The number of amides is 1. The van der Waals surface area contributed by atoms with Crippen molar-refractivity contribution in [1.29, 1.82) is 0 Å². The van der Waals surface area contributed by atoms with Gasteiger partial charge in [0.2, 0.25) is 5.91 Å². The van der Waals surface area contributed by atoms with Gasteiger partial charge in [0.1, 0.15) is 10.8 Å². The molecule has 3 rings (SSSR count). The monoisotopic (exact) mass is 378 g/mol. The summed E-state index contributed by atoms with van der Waals surface area (Å²) in [4.78, 5) is 30.8. The van der Waals surface area contributed by atoms with Crippen molar-refractivity contribution < 1.29 is 9.59 Å². The zero-order chi connectivity index (χ0) is 19.4. The summed E-state index contributed by atoms with van der Waals surface area (Å²) in [5, 5.41) is 2.83. The van der Waals surface area contributed by atoms with Crippen LogP contribution in [0.3, 0.4) is 0 Å². The second-order valence-corrected chi connectivity index (χ2v) is 7.45. The number of carbonyl (C=O) groups excluding carboxylic acids is 2. The second kappa shape index (κ2) is 8.27. The van der Waals surface area contributed by atoms with Crippen LogP contribution >= 0.6 is 11.3 Å². The molecule has 0 aliphatic carbocycles. The largest absolute Gasteiger partial charge is 0.303 e. The molecule has 138 valence electrons. The molecule has 1 amide bonds. The summed E-state index contributed by atoms with van der Waals surface area (Å²) in [6, 6.07) is 17.2. The molecule has 0 spiro atoms. The van der Waals surface area contributed by atoms with E-state index in [0.29, 0.717) is 0 Å². The van der Waals surface area contributed by atoms with Gasteiger partial charge < -0.3 is 4.90 Å². The van der Waals surface area contributed by atoms with Crippen molar-refractivity contribution in [2.75, 3.05) is 4.90 Å². The fraction of sp³-hybridized carbons (Fsp3) is 0.227. The molecule has 0 saturated heterocycles. The molecular formula is C22H22N2O2S. The molecule has 0 N–H and O–H groups in total. The SMILES string of the molecule is CC(=O)CC(c1csc(-c2ccc(C)cc2)n1)N(C(C)=O)c1ccccc1. The molecule has 0 saturated carbocycles. The van der Waals surface area contributed by atoms with E-state index in [0.717, 1.165) is 22.0 Å². The normalized spacial score (nSPS) is 11.8. The quantitative estimate of drug-likeness (QED) is 0.593. The van der Waals surface area contributed by atoms with Crippen LogP contribution in [0.1, 0.15) is 37.6 Å². The van der Waals surface area contributed by atoms with Gasteiger partial charge in [0, 0.05) is 30.0 Å². The van der Waals surface area contributed by atoms with Gasteiger partial charge in [-0.2, -0.15) is 0 Å². The first-order chi connectivity index (χ1) is 13.0. The van der Waals surface area contributed by atoms with Gasteiger partial charge in [-0.25, -0.2) is 4.98 Å². The molecule has 0 aliphatic rings. The van der Waals surface area contributed by atoms with E-state index in [1.807, 2.05) is 54.8 Å². The highest BCUT2D eigenvalue weighted by Gasteiger charge is 2.28. The van der Waals surface area contributed by atoms with Gasteiger partial charge in [-0.15, -0.1) is 11.3 Å². The molecule has 1 unspecified atom stereocenters. The van der Waals surface area contributed by atoms with Crippen molar-refractivity contribution in [1.82, 2.24) is 4.98 Å². The minimum Gasteiger partial charge on any atom is -0.303 e. The fourth-order valence-corrected chi connectivity index (χ4v) is 3.91. The number of aromatic nitrogens is 1. The van der Waals surface area contributed by atoms with E-state index in [2.05, 4.69) is 12.1 Å². The molecule has 5 heteroatoms. The lowest BCUT2D eigenvalue weighted by molar-refractivity contribution is -0.118. The van der Waals surface area contributed by atoms with Crippen LogP contribution in [-0.2, 0) is 9.59 Å². The minimum absolute atomic E-state index is 0.0204. The predicted octanol–water partition coefficient (Wildman–Crippen LogP) is 5.19. The summed E-state index contributed by atoms with van der Waals surface area (Å²) >= 11 is 1.53. The highest BCUT2D eigenvalue weighted by atomic mass is 32.1. The van der Waals surface area contributed by atoms with Crippen molar-refractivity contribution in [3.8, 4) is 10.6 Å². The number of nitrogens with zero attached hydrogens (tertiary/aromatic N) is 2. The Labute approximate surface area is 163 Å². The molecule has 2 aromatic carbocycles. The van der Waals surface area contributed by atoms with E-state index in [1.54, 1.807) is 11.8 Å². The van der Waals surface area contributed by atoms with Gasteiger partial charge in [-0.1, -0.05) is 48.0 Å². The number of aryl methyl sites for hydroxylation is 1. The fourth-order valence-electron chi connectivity index (χ4n) is 3.04. The maximum Gasteiger partial charge on any atom is 0.224 e. The summed E-state index contributed by atoms with van der Waals surface area (Å²) in [5.41, 5.74) is 3.73. The zero-order valence-electron chi connectivity index (χ0n) is 15.7. The number of Topliss-reactive ketones (excluding diaryl/α,β-unsaturated/α-hetero) is 1. The van der Waals surface area contributed by atoms with Gasteiger partial charge >= 0.3 is 0 Å². The molecule has 0 radical (unpaired) electrons. The van der Waals surface area contributed by atoms with E-state index in [-0.39, 0.29) is 18.1 Å². The molecular weight excluding hydrogens is 356 g/mol. The Bertz CT molecular complexity index is 932. The number of thiazole rings is 1. The van der Waals surface area contributed by atoms with Crippen LogP contribution < -0.4 is 4.90 Å². The topological polar surface area (TPSA) is 50.3 Å². The number of rotatable bonds is 6. The molecule has 1 atom stereocenters. The third-order valence-corrected chi connectivity index (χ3v) is 5.24. The molecule has 1 heterocycles. The second-order valence-electron chi connectivity index (χ2n) is 6.59. The van der Waals surface area contributed by atoms with E-state index in [9.17, 15) is 9.59 Å². The number of ketones is 1. The number of hydrogen-bond donors (Lipinski definition) is 0. The average molecular weight is 378 g/mol. The Morgan fingerprint density at radius 3 is 2.30 bits per heavy atom. The lowest BCUT2D eigenvalue weighted by atomic mass is 10.1. The zero-order valence-corrected chi connectivity index (χ0v) is 16.5. The number of benzene rings is 2. The van der Waals surface area contributed by atoms with Crippen LogP contribution in [0.15, 0.2) is 60.0 Å². The Morgan fingerprint density at radius 2 is 1.70 bits per heavy atom.